The lowest BCUT2D eigenvalue weighted by atomic mass is 9.78. The first-order valence-corrected chi connectivity index (χ1v) is 21.3. The zero-order valence-electron chi connectivity index (χ0n) is 34.1. The fourth-order valence-electron chi connectivity index (χ4n) is 9.44. The van der Waals surface area contributed by atoms with Gasteiger partial charge in [0.25, 0.3) is 0 Å². The standard InChI is InChI=1S/C61H41N/c1-5-20-42(21-6-1)55-40-56(60(44-24-9-3-10-25-44)61(45-26-11-4-12-27-45)59(55)43-22-7-2-8-23-43)47-29-18-31-49(39-47)58-53-35-15-13-33-51(53)57(52-34-14-16-36-54(52)58)48-30-17-28-46(38-48)50-32-19-37-62-41-50/h1-41H. The Morgan fingerprint density at radius 3 is 1.03 bits per heavy atom. The average Bonchev–Trinajstić information content (AvgIpc) is 3.36. The molecule has 11 aromatic rings. The Bertz CT molecular complexity index is 3300. The number of hydrogen-bond acceptors (Lipinski definition) is 1. The van der Waals surface area contributed by atoms with Gasteiger partial charge in [0, 0.05) is 18.0 Å². The summed E-state index contributed by atoms with van der Waals surface area (Å²) in [4.78, 5) is 4.42. The molecule has 11 rings (SSSR count). The Morgan fingerprint density at radius 2 is 0.565 bits per heavy atom. The second-order valence-corrected chi connectivity index (χ2v) is 15.8. The number of fused-ring (bicyclic) bond motifs is 2. The van der Waals surface area contributed by atoms with Crippen molar-refractivity contribution in [2.75, 3.05) is 0 Å². The summed E-state index contributed by atoms with van der Waals surface area (Å²) in [6, 6.07) is 86.2. The van der Waals surface area contributed by atoms with Crippen molar-refractivity contribution in [2.24, 2.45) is 0 Å². The van der Waals surface area contributed by atoms with Crippen LogP contribution in [0.2, 0.25) is 0 Å². The molecule has 0 saturated heterocycles. The largest absolute Gasteiger partial charge is 0.264 e. The number of pyridine rings is 1. The topological polar surface area (TPSA) is 12.9 Å². The number of rotatable bonds is 8. The van der Waals surface area contributed by atoms with Crippen molar-refractivity contribution in [2.45, 2.75) is 0 Å². The minimum absolute atomic E-state index is 1.11. The van der Waals surface area contributed by atoms with Gasteiger partial charge in [-0.3, -0.25) is 4.98 Å². The van der Waals surface area contributed by atoms with Crippen molar-refractivity contribution in [1.29, 1.82) is 0 Å². The molecule has 0 atom stereocenters. The average molecular weight is 788 g/mol. The molecule has 0 spiro atoms. The normalized spacial score (nSPS) is 11.2. The Balaban J connectivity index is 1.20. The number of aromatic nitrogens is 1. The summed E-state index contributed by atoms with van der Waals surface area (Å²) in [6.07, 6.45) is 3.77. The summed E-state index contributed by atoms with van der Waals surface area (Å²) in [5.41, 5.74) is 19.0. The summed E-state index contributed by atoms with van der Waals surface area (Å²) in [6.45, 7) is 0. The highest BCUT2D eigenvalue weighted by molar-refractivity contribution is 6.21. The third kappa shape index (κ3) is 6.67. The van der Waals surface area contributed by atoms with Crippen LogP contribution in [0, 0.1) is 0 Å². The highest BCUT2D eigenvalue weighted by atomic mass is 14.6. The van der Waals surface area contributed by atoms with Gasteiger partial charge in [0.05, 0.1) is 0 Å². The fourth-order valence-corrected chi connectivity index (χ4v) is 9.44. The summed E-state index contributed by atoms with van der Waals surface area (Å²) in [7, 11) is 0. The summed E-state index contributed by atoms with van der Waals surface area (Å²) in [5.74, 6) is 0. The van der Waals surface area contributed by atoms with Gasteiger partial charge in [0.15, 0.2) is 0 Å². The molecule has 0 fully saturated rings. The molecule has 0 unspecified atom stereocenters. The highest BCUT2D eigenvalue weighted by Gasteiger charge is 2.24. The summed E-state index contributed by atoms with van der Waals surface area (Å²) in [5, 5.41) is 4.90. The molecule has 62 heavy (non-hydrogen) atoms. The van der Waals surface area contributed by atoms with Crippen LogP contribution in [0.1, 0.15) is 0 Å². The van der Waals surface area contributed by atoms with Crippen LogP contribution in [0.4, 0.5) is 0 Å². The molecule has 290 valence electrons. The monoisotopic (exact) mass is 787 g/mol. The van der Waals surface area contributed by atoms with E-state index < -0.39 is 0 Å². The molecule has 0 saturated carbocycles. The lowest BCUT2D eigenvalue weighted by Gasteiger charge is -2.25. The van der Waals surface area contributed by atoms with E-state index in [2.05, 4.69) is 236 Å². The van der Waals surface area contributed by atoms with E-state index >= 15 is 0 Å². The van der Waals surface area contributed by atoms with E-state index in [1.165, 1.54) is 93.9 Å². The minimum atomic E-state index is 1.11. The summed E-state index contributed by atoms with van der Waals surface area (Å²) < 4.78 is 0. The van der Waals surface area contributed by atoms with Crippen molar-refractivity contribution in [3.8, 4) is 89.0 Å². The van der Waals surface area contributed by atoms with Crippen LogP contribution >= 0.6 is 0 Å². The van der Waals surface area contributed by atoms with Gasteiger partial charge in [-0.25, -0.2) is 0 Å². The molecule has 0 bridgehead atoms. The van der Waals surface area contributed by atoms with E-state index in [9.17, 15) is 0 Å². The molecule has 0 aliphatic carbocycles. The molecule has 0 radical (unpaired) electrons. The predicted octanol–water partition coefficient (Wildman–Crippen LogP) is 16.7. The molecule has 10 aromatic carbocycles. The van der Waals surface area contributed by atoms with Crippen molar-refractivity contribution in [1.82, 2.24) is 4.98 Å². The Kier molecular flexibility index (Phi) is 9.61. The van der Waals surface area contributed by atoms with Gasteiger partial charge >= 0.3 is 0 Å². The molecule has 0 N–H and O–H groups in total. The van der Waals surface area contributed by atoms with Crippen LogP contribution in [0.25, 0.3) is 111 Å². The fraction of sp³-hybridized carbons (Fsp3) is 0. The molecule has 1 nitrogen and oxygen atoms in total. The van der Waals surface area contributed by atoms with Crippen molar-refractivity contribution in [3.63, 3.8) is 0 Å². The molecule has 0 aliphatic rings. The van der Waals surface area contributed by atoms with E-state index in [-0.39, 0.29) is 0 Å². The van der Waals surface area contributed by atoms with E-state index in [4.69, 9.17) is 0 Å². The Labute approximate surface area is 362 Å². The molecular formula is C61H41N. The van der Waals surface area contributed by atoms with Crippen molar-refractivity contribution < 1.29 is 0 Å². The lowest BCUT2D eigenvalue weighted by molar-refractivity contribution is 1.33. The third-order valence-electron chi connectivity index (χ3n) is 12.1. The maximum absolute atomic E-state index is 4.42. The lowest BCUT2D eigenvalue weighted by Crippen LogP contribution is -1.98. The van der Waals surface area contributed by atoms with E-state index in [0.29, 0.717) is 0 Å². The quantitative estimate of drug-likeness (QED) is 0.140. The van der Waals surface area contributed by atoms with Gasteiger partial charge in [-0.1, -0.05) is 212 Å². The van der Waals surface area contributed by atoms with E-state index in [1.807, 2.05) is 18.5 Å². The van der Waals surface area contributed by atoms with Gasteiger partial charge < -0.3 is 0 Å². The zero-order chi connectivity index (χ0) is 41.2. The smallest absolute Gasteiger partial charge is 0.0346 e. The molecule has 1 heteroatoms. The van der Waals surface area contributed by atoms with Gasteiger partial charge in [-0.15, -0.1) is 0 Å². The van der Waals surface area contributed by atoms with Crippen molar-refractivity contribution in [3.05, 3.63) is 249 Å². The van der Waals surface area contributed by atoms with Gasteiger partial charge in [0.1, 0.15) is 0 Å². The third-order valence-corrected chi connectivity index (χ3v) is 12.1. The first-order chi connectivity index (χ1) is 30.8. The summed E-state index contributed by atoms with van der Waals surface area (Å²) >= 11 is 0. The predicted molar refractivity (Wildman–Crippen MR) is 263 cm³/mol. The van der Waals surface area contributed by atoms with Crippen LogP contribution in [-0.2, 0) is 0 Å². The molecule has 0 aliphatic heterocycles. The van der Waals surface area contributed by atoms with Gasteiger partial charge in [-0.05, 0) is 129 Å². The van der Waals surface area contributed by atoms with Crippen LogP contribution in [0.5, 0.6) is 0 Å². The number of nitrogens with zero attached hydrogens (tertiary/aromatic N) is 1. The van der Waals surface area contributed by atoms with E-state index in [1.54, 1.807) is 0 Å². The first-order valence-electron chi connectivity index (χ1n) is 21.3. The molecule has 0 amide bonds. The highest BCUT2D eigenvalue weighted by Crippen LogP contribution is 2.51. The van der Waals surface area contributed by atoms with Crippen molar-refractivity contribution >= 4 is 21.5 Å². The number of benzene rings is 10. The SMILES string of the molecule is c1ccc(-c2cc(-c3cccc(-c4c5ccccc5c(-c5cccc(-c6cccnc6)c5)c5ccccc45)c3)c(-c3ccccc3)c(-c3ccccc3)c2-c2ccccc2)cc1. The molecular weight excluding hydrogens is 747 g/mol. The minimum Gasteiger partial charge on any atom is -0.264 e. The van der Waals surface area contributed by atoms with Gasteiger partial charge in [-0.2, -0.15) is 0 Å². The molecule has 1 aromatic heterocycles. The van der Waals surface area contributed by atoms with Crippen LogP contribution in [0.15, 0.2) is 249 Å². The second-order valence-electron chi connectivity index (χ2n) is 15.8. The molecule has 1 heterocycles. The van der Waals surface area contributed by atoms with E-state index in [0.717, 1.165) is 16.7 Å². The maximum atomic E-state index is 4.42. The zero-order valence-corrected chi connectivity index (χ0v) is 34.1. The Morgan fingerprint density at radius 1 is 0.210 bits per heavy atom. The number of hydrogen-bond donors (Lipinski definition) is 0. The Hall–Kier alpha value is -8.13. The van der Waals surface area contributed by atoms with Gasteiger partial charge in [0.2, 0.25) is 0 Å². The van der Waals surface area contributed by atoms with Crippen LogP contribution in [-0.4, -0.2) is 4.98 Å². The first kappa shape index (κ1) is 36.9. The maximum Gasteiger partial charge on any atom is 0.0346 e. The second kappa shape index (κ2) is 16.1. The van der Waals surface area contributed by atoms with Crippen LogP contribution < -0.4 is 0 Å². The van der Waals surface area contributed by atoms with Crippen LogP contribution in [0.3, 0.4) is 0 Å².